The summed E-state index contributed by atoms with van der Waals surface area (Å²) >= 11 is 0. The van der Waals surface area contributed by atoms with Crippen molar-refractivity contribution in [2.75, 3.05) is 7.05 Å². The fourth-order valence-corrected chi connectivity index (χ4v) is 1.25. The van der Waals surface area contributed by atoms with Gasteiger partial charge in [-0.15, -0.1) is 0 Å². The molecular weight excluding hydrogens is 178 g/mol. The van der Waals surface area contributed by atoms with Gasteiger partial charge in [0.25, 0.3) is 0 Å². The Kier molecular flexibility index (Phi) is 3.74. The minimum absolute atomic E-state index is 0.182. The van der Waals surface area contributed by atoms with Crippen molar-refractivity contribution >= 4 is 5.91 Å². The molecule has 0 saturated heterocycles. The third kappa shape index (κ3) is 3.24. The molecule has 0 radical (unpaired) electrons. The molecule has 1 aromatic heterocycles. The van der Waals surface area contributed by atoms with E-state index in [-0.39, 0.29) is 5.91 Å². The van der Waals surface area contributed by atoms with Crippen LogP contribution in [-0.4, -0.2) is 17.9 Å². The zero-order valence-corrected chi connectivity index (χ0v) is 8.99. The lowest BCUT2D eigenvalue weighted by molar-refractivity contribution is -0.131. The van der Waals surface area contributed by atoms with Crippen molar-refractivity contribution in [3.05, 3.63) is 24.2 Å². The van der Waals surface area contributed by atoms with E-state index in [1.807, 2.05) is 27.0 Å². The van der Waals surface area contributed by atoms with Gasteiger partial charge in [0.1, 0.15) is 0 Å². The van der Waals surface area contributed by atoms with Crippen LogP contribution in [0, 0.1) is 5.92 Å². The van der Waals surface area contributed by atoms with Gasteiger partial charge in [0.15, 0.2) is 0 Å². The van der Waals surface area contributed by atoms with E-state index < -0.39 is 0 Å². The highest BCUT2D eigenvalue weighted by molar-refractivity contribution is 5.76. The molecule has 1 aromatic rings. The van der Waals surface area contributed by atoms with Crippen LogP contribution >= 0.6 is 0 Å². The van der Waals surface area contributed by atoms with E-state index in [0.717, 1.165) is 5.56 Å². The Labute approximate surface area is 84.7 Å². The highest BCUT2D eigenvalue weighted by Gasteiger charge is 2.11. The fraction of sp³-hybridized carbons (Fsp3) is 0.545. The average molecular weight is 195 g/mol. The first-order valence-electron chi connectivity index (χ1n) is 4.84. The molecule has 3 nitrogen and oxygen atoms in total. The summed E-state index contributed by atoms with van der Waals surface area (Å²) in [5.74, 6) is 0.593. The Morgan fingerprint density at radius 1 is 1.57 bits per heavy atom. The third-order valence-corrected chi connectivity index (χ3v) is 2.01. The van der Waals surface area contributed by atoms with E-state index in [0.29, 0.717) is 18.9 Å². The summed E-state index contributed by atoms with van der Waals surface area (Å²) in [6.07, 6.45) is 3.89. The van der Waals surface area contributed by atoms with Crippen molar-refractivity contribution in [2.24, 2.45) is 5.92 Å². The van der Waals surface area contributed by atoms with Gasteiger partial charge in [-0.05, 0) is 12.0 Å². The second kappa shape index (κ2) is 4.84. The summed E-state index contributed by atoms with van der Waals surface area (Å²) < 4.78 is 4.94. The van der Waals surface area contributed by atoms with Crippen LogP contribution < -0.4 is 0 Å². The van der Waals surface area contributed by atoms with Crippen LogP contribution in [0.25, 0.3) is 0 Å². The van der Waals surface area contributed by atoms with Crippen molar-refractivity contribution < 1.29 is 9.21 Å². The molecule has 78 valence electrons. The molecule has 0 aliphatic heterocycles. The predicted octanol–water partition coefficient (Wildman–Crippen LogP) is 2.28. The van der Waals surface area contributed by atoms with Crippen molar-refractivity contribution in [1.29, 1.82) is 0 Å². The number of furan rings is 1. The summed E-state index contributed by atoms with van der Waals surface area (Å²) in [4.78, 5) is 13.3. The minimum atomic E-state index is 0.182. The number of hydrogen-bond donors (Lipinski definition) is 0. The molecule has 3 heteroatoms. The van der Waals surface area contributed by atoms with Crippen LogP contribution in [0.1, 0.15) is 25.8 Å². The lowest BCUT2D eigenvalue weighted by atomic mass is 10.1. The summed E-state index contributed by atoms with van der Waals surface area (Å²) in [6, 6.07) is 1.87. The molecule has 0 aromatic carbocycles. The van der Waals surface area contributed by atoms with Gasteiger partial charge in [0, 0.05) is 25.6 Å². The Morgan fingerprint density at radius 3 is 2.79 bits per heavy atom. The normalized spacial score (nSPS) is 10.6. The number of nitrogens with zero attached hydrogens (tertiary/aromatic N) is 1. The maximum atomic E-state index is 11.6. The SMILES string of the molecule is CC(C)CC(=O)N(C)Cc1ccoc1. The summed E-state index contributed by atoms with van der Waals surface area (Å²) in [5.41, 5.74) is 1.03. The molecule has 0 N–H and O–H groups in total. The van der Waals surface area contributed by atoms with E-state index in [4.69, 9.17) is 4.42 Å². The fourth-order valence-electron chi connectivity index (χ4n) is 1.25. The smallest absolute Gasteiger partial charge is 0.222 e. The maximum absolute atomic E-state index is 11.6. The van der Waals surface area contributed by atoms with Gasteiger partial charge in [-0.3, -0.25) is 4.79 Å². The number of amides is 1. The monoisotopic (exact) mass is 195 g/mol. The van der Waals surface area contributed by atoms with Crippen LogP contribution in [0.5, 0.6) is 0 Å². The van der Waals surface area contributed by atoms with Crippen molar-refractivity contribution in [3.8, 4) is 0 Å². The first kappa shape index (κ1) is 10.8. The number of hydrogen-bond acceptors (Lipinski definition) is 2. The molecule has 0 fully saturated rings. The number of rotatable bonds is 4. The summed E-state index contributed by atoms with van der Waals surface area (Å²) in [6.45, 7) is 4.72. The van der Waals surface area contributed by atoms with Gasteiger partial charge in [0.2, 0.25) is 5.91 Å². The molecule has 1 amide bonds. The maximum Gasteiger partial charge on any atom is 0.222 e. The van der Waals surface area contributed by atoms with Crippen LogP contribution in [0.4, 0.5) is 0 Å². The molecule has 0 aliphatic rings. The standard InChI is InChI=1S/C11H17NO2/c1-9(2)6-11(13)12(3)7-10-4-5-14-8-10/h4-5,8-9H,6-7H2,1-3H3. The second-order valence-corrected chi connectivity index (χ2v) is 3.98. The van der Waals surface area contributed by atoms with E-state index in [2.05, 4.69) is 0 Å². The number of carbonyl (C=O) groups excluding carboxylic acids is 1. The molecule has 0 atom stereocenters. The van der Waals surface area contributed by atoms with Crippen molar-refractivity contribution in [2.45, 2.75) is 26.8 Å². The quantitative estimate of drug-likeness (QED) is 0.738. The molecular formula is C11H17NO2. The Balaban J connectivity index is 2.42. The van der Waals surface area contributed by atoms with Crippen LogP contribution in [0.2, 0.25) is 0 Å². The van der Waals surface area contributed by atoms with E-state index in [9.17, 15) is 4.79 Å². The van der Waals surface area contributed by atoms with Gasteiger partial charge >= 0.3 is 0 Å². The van der Waals surface area contributed by atoms with Crippen LogP contribution in [-0.2, 0) is 11.3 Å². The van der Waals surface area contributed by atoms with E-state index in [1.165, 1.54) is 0 Å². The molecule has 1 heterocycles. The van der Waals surface area contributed by atoms with Gasteiger partial charge in [-0.1, -0.05) is 13.8 Å². The molecule has 0 unspecified atom stereocenters. The lowest BCUT2D eigenvalue weighted by Gasteiger charge is -2.17. The second-order valence-electron chi connectivity index (χ2n) is 3.98. The Morgan fingerprint density at radius 2 is 2.29 bits per heavy atom. The van der Waals surface area contributed by atoms with Crippen molar-refractivity contribution in [3.63, 3.8) is 0 Å². The molecule has 0 bridgehead atoms. The van der Waals surface area contributed by atoms with Crippen LogP contribution in [0.3, 0.4) is 0 Å². The summed E-state index contributed by atoms with van der Waals surface area (Å²) in [5, 5.41) is 0. The van der Waals surface area contributed by atoms with Crippen LogP contribution in [0.15, 0.2) is 23.0 Å². The topological polar surface area (TPSA) is 33.5 Å². The largest absolute Gasteiger partial charge is 0.472 e. The Hall–Kier alpha value is -1.25. The van der Waals surface area contributed by atoms with Gasteiger partial charge in [0.05, 0.1) is 12.5 Å². The number of carbonyl (C=O) groups is 1. The summed E-state index contributed by atoms with van der Waals surface area (Å²) in [7, 11) is 1.82. The van der Waals surface area contributed by atoms with Crippen molar-refractivity contribution in [1.82, 2.24) is 4.90 Å². The van der Waals surface area contributed by atoms with Gasteiger partial charge in [-0.2, -0.15) is 0 Å². The highest BCUT2D eigenvalue weighted by Crippen LogP contribution is 2.07. The molecule has 0 spiro atoms. The highest BCUT2D eigenvalue weighted by atomic mass is 16.3. The first-order valence-corrected chi connectivity index (χ1v) is 4.84. The molecule has 0 aliphatic carbocycles. The average Bonchev–Trinajstić information content (AvgIpc) is 2.55. The zero-order valence-electron chi connectivity index (χ0n) is 8.99. The van der Waals surface area contributed by atoms with Gasteiger partial charge < -0.3 is 9.32 Å². The van der Waals surface area contributed by atoms with E-state index >= 15 is 0 Å². The molecule has 1 rings (SSSR count). The lowest BCUT2D eigenvalue weighted by Crippen LogP contribution is -2.26. The van der Waals surface area contributed by atoms with E-state index in [1.54, 1.807) is 17.4 Å². The zero-order chi connectivity index (χ0) is 10.6. The predicted molar refractivity (Wildman–Crippen MR) is 54.6 cm³/mol. The van der Waals surface area contributed by atoms with Gasteiger partial charge in [-0.25, -0.2) is 0 Å². The Bertz CT molecular complexity index is 277. The first-order chi connectivity index (χ1) is 6.59. The minimum Gasteiger partial charge on any atom is -0.472 e. The molecule has 0 saturated carbocycles. The molecule has 14 heavy (non-hydrogen) atoms. The third-order valence-electron chi connectivity index (χ3n) is 2.01.